The lowest BCUT2D eigenvalue weighted by molar-refractivity contribution is 0.0945. The van der Waals surface area contributed by atoms with Gasteiger partial charge in [-0.1, -0.05) is 0 Å². The summed E-state index contributed by atoms with van der Waals surface area (Å²) >= 11 is 0. The van der Waals surface area contributed by atoms with E-state index in [-0.39, 0.29) is 11.9 Å². The van der Waals surface area contributed by atoms with E-state index in [1.807, 2.05) is 32.0 Å². The number of aromatic amines is 1. The normalized spacial score (nSPS) is 10.8. The molecule has 0 saturated heterocycles. The fourth-order valence-corrected chi connectivity index (χ4v) is 1.76. The summed E-state index contributed by atoms with van der Waals surface area (Å²) in [6, 6.07) is 5.75. The predicted molar refractivity (Wildman–Crippen MR) is 67.5 cm³/mol. The zero-order chi connectivity index (χ0) is 12.4. The van der Waals surface area contributed by atoms with Gasteiger partial charge in [0, 0.05) is 29.2 Å². The Morgan fingerprint density at radius 2 is 2.18 bits per heavy atom. The van der Waals surface area contributed by atoms with Crippen molar-refractivity contribution in [3.63, 3.8) is 0 Å². The number of fused-ring (bicyclic) bond motifs is 1. The molecule has 0 fully saturated rings. The van der Waals surface area contributed by atoms with Gasteiger partial charge in [-0.25, -0.2) is 0 Å². The summed E-state index contributed by atoms with van der Waals surface area (Å²) in [5.41, 5.74) is 1.56. The average Bonchev–Trinajstić information content (AvgIpc) is 2.70. The molecule has 2 rings (SSSR count). The number of hydrogen-bond donors (Lipinski definition) is 2. The third kappa shape index (κ3) is 2.25. The second-order valence-corrected chi connectivity index (χ2v) is 4.24. The third-order valence-electron chi connectivity index (χ3n) is 2.55. The molecule has 0 spiro atoms. The van der Waals surface area contributed by atoms with Gasteiger partial charge in [0.05, 0.1) is 12.7 Å². The van der Waals surface area contributed by atoms with Gasteiger partial charge in [0.1, 0.15) is 5.75 Å². The Balaban J connectivity index is 2.39. The molecule has 90 valence electrons. The third-order valence-corrected chi connectivity index (χ3v) is 2.55. The summed E-state index contributed by atoms with van der Waals surface area (Å²) in [6.45, 7) is 3.88. The minimum absolute atomic E-state index is 0.0589. The lowest BCUT2D eigenvalue weighted by atomic mass is 10.1. The first-order valence-electron chi connectivity index (χ1n) is 5.58. The Morgan fingerprint density at radius 1 is 1.41 bits per heavy atom. The number of amides is 1. The average molecular weight is 232 g/mol. The van der Waals surface area contributed by atoms with Crippen molar-refractivity contribution >= 4 is 16.8 Å². The maximum absolute atomic E-state index is 11.9. The number of benzene rings is 1. The van der Waals surface area contributed by atoms with Crippen LogP contribution in [0.4, 0.5) is 0 Å². The molecule has 1 aromatic heterocycles. The maximum Gasteiger partial charge on any atom is 0.253 e. The highest BCUT2D eigenvalue weighted by molar-refractivity contribution is 6.07. The molecule has 0 saturated carbocycles. The minimum atomic E-state index is -0.0589. The monoisotopic (exact) mass is 232 g/mol. The van der Waals surface area contributed by atoms with Gasteiger partial charge in [0.2, 0.25) is 0 Å². The number of hydrogen-bond acceptors (Lipinski definition) is 2. The van der Waals surface area contributed by atoms with Crippen LogP contribution in [0.1, 0.15) is 24.2 Å². The minimum Gasteiger partial charge on any atom is -0.497 e. The molecule has 0 aliphatic heterocycles. The van der Waals surface area contributed by atoms with Crippen molar-refractivity contribution in [1.29, 1.82) is 0 Å². The standard InChI is InChI=1S/C13H16N2O2/c1-8(2)15-13(16)11-7-14-12-6-9(17-3)4-5-10(11)12/h4-8,14H,1-3H3,(H,15,16). The molecule has 0 radical (unpaired) electrons. The van der Waals surface area contributed by atoms with Crippen LogP contribution in [0.15, 0.2) is 24.4 Å². The second-order valence-electron chi connectivity index (χ2n) is 4.24. The number of carbonyl (C=O) groups is 1. The van der Waals surface area contributed by atoms with Gasteiger partial charge in [-0.3, -0.25) is 4.79 Å². The summed E-state index contributed by atoms with van der Waals surface area (Å²) in [5.74, 6) is 0.714. The number of methoxy groups -OCH3 is 1. The van der Waals surface area contributed by atoms with E-state index in [1.165, 1.54) is 0 Å². The number of ether oxygens (including phenoxy) is 1. The molecule has 0 aliphatic carbocycles. The number of aromatic nitrogens is 1. The number of carbonyl (C=O) groups excluding carboxylic acids is 1. The maximum atomic E-state index is 11.9. The van der Waals surface area contributed by atoms with Crippen LogP contribution in [-0.2, 0) is 0 Å². The van der Waals surface area contributed by atoms with Crippen molar-refractivity contribution in [3.8, 4) is 5.75 Å². The fraction of sp³-hybridized carbons (Fsp3) is 0.308. The van der Waals surface area contributed by atoms with Crippen molar-refractivity contribution in [3.05, 3.63) is 30.0 Å². The first kappa shape index (κ1) is 11.5. The van der Waals surface area contributed by atoms with Gasteiger partial charge in [-0.15, -0.1) is 0 Å². The van der Waals surface area contributed by atoms with E-state index in [0.717, 1.165) is 16.7 Å². The number of nitrogens with one attached hydrogen (secondary N) is 2. The molecular formula is C13H16N2O2. The second kappa shape index (κ2) is 4.49. The zero-order valence-electron chi connectivity index (χ0n) is 10.2. The Bertz CT molecular complexity index is 543. The highest BCUT2D eigenvalue weighted by Crippen LogP contribution is 2.23. The van der Waals surface area contributed by atoms with E-state index >= 15 is 0 Å². The van der Waals surface area contributed by atoms with Crippen molar-refractivity contribution in [2.45, 2.75) is 19.9 Å². The fourth-order valence-electron chi connectivity index (χ4n) is 1.76. The van der Waals surface area contributed by atoms with Crippen molar-refractivity contribution in [1.82, 2.24) is 10.3 Å². The largest absolute Gasteiger partial charge is 0.497 e. The molecule has 4 heteroatoms. The SMILES string of the molecule is COc1ccc2c(C(=O)NC(C)C)c[nH]c2c1. The molecule has 0 unspecified atom stereocenters. The zero-order valence-corrected chi connectivity index (χ0v) is 10.2. The molecule has 2 N–H and O–H groups in total. The lowest BCUT2D eigenvalue weighted by Gasteiger charge is -2.07. The molecular weight excluding hydrogens is 216 g/mol. The highest BCUT2D eigenvalue weighted by atomic mass is 16.5. The van der Waals surface area contributed by atoms with E-state index < -0.39 is 0 Å². The quantitative estimate of drug-likeness (QED) is 0.853. The van der Waals surface area contributed by atoms with E-state index in [9.17, 15) is 4.79 Å². The Labute approximate surface area is 100.0 Å². The molecule has 1 amide bonds. The Hall–Kier alpha value is -1.97. The van der Waals surface area contributed by atoms with E-state index in [2.05, 4.69) is 10.3 Å². The van der Waals surface area contributed by atoms with Gasteiger partial charge < -0.3 is 15.0 Å². The topological polar surface area (TPSA) is 54.1 Å². The van der Waals surface area contributed by atoms with Crippen molar-refractivity contribution in [2.24, 2.45) is 0 Å². The van der Waals surface area contributed by atoms with E-state index in [1.54, 1.807) is 13.3 Å². The van der Waals surface area contributed by atoms with Crippen LogP contribution in [0.2, 0.25) is 0 Å². The van der Waals surface area contributed by atoms with Gasteiger partial charge in [0.25, 0.3) is 5.91 Å². The molecule has 0 bridgehead atoms. The lowest BCUT2D eigenvalue weighted by Crippen LogP contribution is -2.29. The molecule has 1 heterocycles. The molecule has 2 aromatic rings. The summed E-state index contributed by atoms with van der Waals surface area (Å²) in [6.07, 6.45) is 1.72. The van der Waals surface area contributed by atoms with Gasteiger partial charge >= 0.3 is 0 Å². The molecule has 17 heavy (non-hydrogen) atoms. The van der Waals surface area contributed by atoms with Crippen LogP contribution >= 0.6 is 0 Å². The summed E-state index contributed by atoms with van der Waals surface area (Å²) in [5, 5.41) is 3.78. The molecule has 0 aliphatic rings. The van der Waals surface area contributed by atoms with Gasteiger partial charge in [-0.05, 0) is 26.0 Å². The number of H-pyrrole nitrogens is 1. The molecule has 1 aromatic carbocycles. The van der Waals surface area contributed by atoms with Crippen LogP contribution in [-0.4, -0.2) is 24.0 Å². The highest BCUT2D eigenvalue weighted by Gasteiger charge is 2.12. The van der Waals surface area contributed by atoms with Crippen LogP contribution < -0.4 is 10.1 Å². The van der Waals surface area contributed by atoms with Crippen LogP contribution in [0, 0.1) is 0 Å². The summed E-state index contributed by atoms with van der Waals surface area (Å²) in [4.78, 5) is 15.0. The summed E-state index contributed by atoms with van der Waals surface area (Å²) < 4.78 is 5.14. The van der Waals surface area contributed by atoms with Gasteiger partial charge in [-0.2, -0.15) is 0 Å². The van der Waals surface area contributed by atoms with Crippen molar-refractivity contribution < 1.29 is 9.53 Å². The predicted octanol–water partition coefficient (Wildman–Crippen LogP) is 2.31. The Kier molecular flexibility index (Phi) is 3.04. The van der Waals surface area contributed by atoms with Crippen LogP contribution in [0.25, 0.3) is 10.9 Å². The molecule has 0 atom stereocenters. The molecule has 4 nitrogen and oxygen atoms in total. The van der Waals surface area contributed by atoms with Crippen LogP contribution in [0.5, 0.6) is 5.75 Å². The number of rotatable bonds is 3. The van der Waals surface area contributed by atoms with Crippen molar-refractivity contribution in [2.75, 3.05) is 7.11 Å². The van der Waals surface area contributed by atoms with Gasteiger partial charge in [0.15, 0.2) is 0 Å². The van der Waals surface area contributed by atoms with E-state index in [0.29, 0.717) is 5.56 Å². The van der Waals surface area contributed by atoms with E-state index in [4.69, 9.17) is 4.74 Å². The van der Waals surface area contributed by atoms with Crippen LogP contribution in [0.3, 0.4) is 0 Å². The smallest absolute Gasteiger partial charge is 0.253 e. The Morgan fingerprint density at radius 3 is 2.82 bits per heavy atom. The summed E-state index contributed by atoms with van der Waals surface area (Å²) in [7, 11) is 1.62. The first-order valence-corrected chi connectivity index (χ1v) is 5.58. The first-order chi connectivity index (χ1) is 8.11.